The Balaban J connectivity index is 0.00000289. The van der Waals surface area contributed by atoms with E-state index < -0.39 is 17.7 Å². The van der Waals surface area contributed by atoms with Gasteiger partial charge in [0.2, 0.25) is 0 Å². The molecule has 1 aromatic rings. The van der Waals surface area contributed by atoms with E-state index >= 15 is 0 Å². The van der Waals surface area contributed by atoms with Gasteiger partial charge in [0.25, 0.3) is 0 Å². The van der Waals surface area contributed by atoms with E-state index in [2.05, 4.69) is 10.3 Å². The van der Waals surface area contributed by atoms with E-state index in [1.54, 1.807) is 20.8 Å². The van der Waals surface area contributed by atoms with Gasteiger partial charge in [0.05, 0.1) is 6.20 Å². The van der Waals surface area contributed by atoms with Crippen molar-refractivity contribution in [3.8, 4) is 0 Å². The molecule has 1 N–H and O–H groups in total. The van der Waals surface area contributed by atoms with Crippen LogP contribution >= 0.6 is 0 Å². The van der Waals surface area contributed by atoms with E-state index in [0.29, 0.717) is 0 Å². The van der Waals surface area contributed by atoms with Crippen LogP contribution in [0.5, 0.6) is 0 Å². The zero-order valence-electron chi connectivity index (χ0n) is 11.1. The number of rotatable bonds is 2. The van der Waals surface area contributed by atoms with E-state index in [0.717, 1.165) is 0 Å². The van der Waals surface area contributed by atoms with E-state index in [4.69, 9.17) is 4.74 Å². The number of hydrogen-bond donors (Lipinski definition) is 1. The number of aromatic carboxylic acids is 1. The van der Waals surface area contributed by atoms with Gasteiger partial charge in [-0.05, 0) is 20.8 Å². The van der Waals surface area contributed by atoms with Crippen LogP contribution in [0.2, 0.25) is 0 Å². The average Bonchev–Trinajstić information content (AvgIpc) is 2.44. The van der Waals surface area contributed by atoms with Gasteiger partial charge in [-0.3, -0.25) is 5.32 Å². The number of nitrogens with one attached hydrogen (secondary N) is 1. The van der Waals surface area contributed by atoms with E-state index in [9.17, 15) is 14.7 Å². The van der Waals surface area contributed by atoms with E-state index in [1.165, 1.54) is 17.8 Å². The van der Waals surface area contributed by atoms with Crippen LogP contribution in [-0.2, 0) is 11.8 Å². The zero-order chi connectivity index (χ0) is 13.2. The van der Waals surface area contributed by atoms with Gasteiger partial charge in [0, 0.05) is 7.05 Å². The summed E-state index contributed by atoms with van der Waals surface area (Å²) in [5, 5.41) is 13.0. The van der Waals surface area contributed by atoms with Crippen LogP contribution in [0.3, 0.4) is 0 Å². The van der Waals surface area contributed by atoms with Crippen molar-refractivity contribution < 1.29 is 49.0 Å². The van der Waals surface area contributed by atoms with Crippen LogP contribution in [0.25, 0.3) is 0 Å². The number of amides is 1. The standard InChI is InChI=1S/C10H15N3O4.Na/c1-10(2,3)17-9(16)12-6-5-11-7(8(14)15)13(6)4;/h5H,1-4H3,(H,12,16)(H,14,15);/q;+1/p-1. The third kappa shape index (κ3) is 4.67. The molecule has 0 bridgehead atoms. The monoisotopic (exact) mass is 263 g/mol. The minimum absolute atomic E-state index is 0. The second kappa shape index (κ2) is 6.21. The number of hydrogen-bond acceptors (Lipinski definition) is 5. The summed E-state index contributed by atoms with van der Waals surface area (Å²) in [6, 6.07) is 0. The Labute approximate surface area is 127 Å². The van der Waals surface area contributed by atoms with Crippen LogP contribution < -0.4 is 40.0 Å². The molecule has 1 heterocycles. The molecule has 7 nitrogen and oxygen atoms in total. The molecular formula is C10H14N3NaO4. The first-order chi connectivity index (χ1) is 7.70. The van der Waals surface area contributed by atoms with Crippen molar-refractivity contribution in [2.24, 2.45) is 7.05 Å². The molecule has 1 amide bonds. The smallest absolute Gasteiger partial charge is 0.542 e. The molecule has 0 atom stereocenters. The number of imidazole rings is 1. The van der Waals surface area contributed by atoms with E-state index in [1.807, 2.05) is 0 Å². The summed E-state index contributed by atoms with van der Waals surface area (Å²) >= 11 is 0. The molecule has 8 heteroatoms. The Morgan fingerprint density at radius 3 is 2.39 bits per heavy atom. The molecule has 0 aliphatic heterocycles. The molecule has 94 valence electrons. The Bertz CT molecular complexity index is 450. The van der Waals surface area contributed by atoms with Gasteiger partial charge < -0.3 is 19.2 Å². The van der Waals surface area contributed by atoms with Crippen LogP contribution in [0.15, 0.2) is 6.20 Å². The molecule has 0 spiro atoms. The average molecular weight is 263 g/mol. The van der Waals surface area contributed by atoms with E-state index in [-0.39, 0.29) is 41.2 Å². The molecular weight excluding hydrogens is 249 g/mol. The number of nitrogens with zero attached hydrogens (tertiary/aromatic N) is 2. The Morgan fingerprint density at radius 1 is 1.44 bits per heavy atom. The molecule has 0 unspecified atom stereocenters. The number of ether oxygens (including phenoxy) is 1. The SMILES string of the molecule is Cn1c(NC(=O)OC(C)(C)C)cnc1C(=O)[O-].[Na+]. The molecule has 0 fully saturated rings. The van der Waals surface area contributed by atoms with Gasteiger partial charge in [0.1, 0.15) is 17.4 Å². The zero-order valence-corrected chi connectivity index (χ0v) is 13.1. The Morgan fingerprint density at radius 2 is 2.00 bits per heavy atom. The van der Waals surface area contributed by atoms with Crippen molar-refractivity contribution in [1.29, 1.82) is 0 Å². The van der Waals surface area contributed by atoms with Gasteiger partial charge in [-0.1, -0.05) is 0 Å². The first kappa shape index (κ1) is 16.9. The number of carboxylic acid groups (broad SMARTS) is 1. The van der Waals surface area contributed by atoms with Crippen LogP contribution in [0.4, 0.5) is 10.6 Å². The minimum atomic E-state index is -1.41. The van der Waals surface area contributed by atoms with Crippen molar-refractivity contribution in [3.63, 3.8) is 0 Å². The van der Waals surface area contributed by atoms with Crippen molar-refractivity contribution >= 4 is 17.9 Å². The summed E-state index contributed by atoms with van der Waals surface area (Å²) in [6.45, 7) is 5.17. The van der Waals surface area contributed by atoms with Crippen LogP contribution in [0, 0.1) is 0 Å². The number of carboxylic acids is 1. The normalized spacial score (nSPS) is 10.4. The topological polar surface area (TPSA) is 96.3 Å². The summed E-state index contributed by atoms with van der Waals surface area (Å²) in [7, 11) is 1.45. The van der Waals surface area contributed by atoms with Gasteiger partial charge >= 0.3 is 35.7 Å². The minimum Gasteiger partial charge on any atom is -0.542 e. The Kier molecular flexibility index (Phi) is 5.85. The third-order valence-electron chi connectivity index (χ3n) is 1.80. The van der Waals surface area contributed by atoms with Crippen molar-refractivity contribution in [3.05, 3.63) is 12.0 Å². The predicted octanol–water partition coefficient (Wildman–Crippen LogP) is -2.87. The molecule has 0 saturated heterocycles. The molecule has 18 heavy (non-hydrogen) atoms. The maximum absolute atomic E-state index is 11.4. The molecule has 0 radical (unpaired) electrons. The van der Waals surface area contributed by atoms with Crippen molar-refractivity contribution in [1.82, 2.24) is 9.55 Å². The number of anilines is 1. The van der Waals surface area contributed by atoms with Crippen molar-refractivity contribution in [2.45, 2.75) is 26.4 Å². The van der Waals surface area contributed by atoms with Crippen LogP contribution in [-0.4, -0.2) is 27.2 Å². The van der Waals surface area contributed by atoms with Gasteiger partial charge in [0.15, 0.2) is 5.82 Å². The maximum atomic E-state index is 11.4. The predicted molar refractivity (Wildman–Crippen MR) is 57.4 cm³/mol. The quantitative estimate of drug-likeness (QED) is 0.579. The number of carbonyl (C=O) groups excluding carboxylic acids is 2. The van der Waals surface area contributed by atoms with Gasteiger partial charge in [-0.25, -0.2) is 9.78 Å². The van der Waals surface area contributed by atoms with Crippen LogP contribution in [0.1, 0.15) is 31.4 Å². The van der Waals surface area contributed by atoms with Gasteiger partial charge in [-0.2, -0.15) is 0 Å². The summed E-state index contributed by atoms with van der Waals surface area (Å²) < 4.78 is 6.21. The first-order valence-electron chi connectivity index (χ1n) is 4.94. The maximum Gasteiger partial charge on any atom is 1.00 e. The fraction of sp³-hybridized carbons (Fsp3) is 0.500. The van der Waals surface area contributed by atoms with Gasteiger partial charge in [-0.15, -0.1) is 0 Å². The number of carbonyl (C=O) groups is 2. The molecule has 0 saturated carbocycles. The summed E-state index contributed by atoms with van der Waals surface area (Å²) in [5.74, 6) is -1.46. The second-order valence-corrected chi connectivity index (χ2v) is 4.44. The van der Waals surface area contributed by atoms with Crippen molar-refractivity contribution in [2.75, 3.05) is 5.32 Å². The first-order valence-corrected chi connectivity index (χ1v) is 4.94. The fourth-order valence-electron chi connectivity index (χ4n) is 1.12. The molecule has 0 aliphatic rings. The molecule has 1 aromatic heterocycles. The molecule has 0 aromatic carbocycles. The second-order valence-electron chi connectivity index (χ2n) is 4.44. The fourth-order valence-corrected chi connectivity index (χ4v) is 1.12. The summed E-state index contributed by atoms with van der Waals surface area (Å²) in [6.07, 6.45) is 0.542. The largest absolute Gasteiger partial charge is 1.00 e. The summed E-state index contributed by atoms with van der Waals surface area (Å²) in [5.41, 5.74) is -0.625. The molecule has 0 aliphatic carbocycles. The Hall–Kier alpha value is -1.05. The third-order valence-corrected chi connectivity index (χ3v) is 1.80. The molecule has 1 rings (SSSR count). The number of aromatic nitrogens is 2. The summed E-state index contributed by atoms with van der Waals surface area (Å²) in [4.78, 5) is 25.6.